The zero-order valence-corrected chi connectivity index (χ0v) is 12.8. The molecule has 0 unspecified atom stereocenters. The predicted octanol–water partition coefficient (Wildman–Crippen LogP) is 1.38. The minimum atomic E-state index is -0.377. The molecule has 0 aromatic carbocycles. The first-order chi connectivity index (χ1) is 9.40. The number of carbonyl (C=O) groups is 3. The van der Waals surface area contributed by atoms with Crippen LogP contribution < -0.4 is 0 Å². The number of hydrogen-bond acceptors (Lipinski definition) is 5. The fraction of sp³-hybridized carbons (Fsp3) is 0.786. The van der Waals surface area contributed by atoms with Crippen LogP contribution in [0, 0.1) is 5.92 Å². The smallest absolute Gasteiger partial charge is 0.307 e. The van der Waals surface area contributed by atoms with Crippen molar-refractivity contribution < 1.29 is 23.9 Å². The van der Waals surface area contributed by atoms with Gasteiger partial charge in [-0.2, -0.15) is 0 Å². The molecule has 0 bridgehead atoms. The van der Waals surface area contributed by atoms with Crippen LogP contribution in [0.15, 0.2) is 0 Å². The molecule has 0 radical (unpaired) electrons. The predicted molar refractivity (Wildman–Crippen MR) is 73.9 cm³/mol. The highest BCUT2D eigenvalue weighted by atomic mass is 16.5. The second kappa shape index (κ2) is 10.2. The summed E-state index contributed by atoms with van der Waals surface area (Å²) in [5.74, 6) is -0.579. The van der Waals surface area contributed by atoms with Crippen LogP contribution in [-0.4, -0.2) is 49.6 Å². The molecule has 0 heterocycles. The lowest BCUT2D eigenvalue weighted by molar-refractivity contribution is -0.146. The normalized spacial score (nSPS) is 10.2. The molecule has 0 saturated carbocycles. The molecular formula is C14H25NO5. The summed E-state index contributed by atoms with van der Waals surface area (Å²) in [5, 5.41) is 0. The summed E-state index contributed by atoms with van der Waals surface area (Å²) in [6, 6.07) is 0. The van der Waals surface area contributed by atoms with Gasteiger partial charge in [-0.1, -0.05) is 13.8 Å². The number of methoxy groups -OCH3 is 1. The Morgan fingerprint density at radius 3 is 2.20 bits per heavy atom. The van der Waals surface area contributed by atoms with Crippen LogP contribution in [0.5, 0.6) is 0 Å². The number of amides is 1. The SMILES string of the molecule is CCOC(=O)CCC(=O)N(CCC(=O)OC)CC(C)C. The summed E-state index contributed by atoms with van der Waals surface area (Å²) < 4.78 is 9.35. The van der Waals surface area contributed by atoms with Gasteiger partial charge < -0.3 is 14.4 Å². The van der Waals surface area contributed by atoms with Gasteiger partial charge in [-0.25, -0.2) is 0 Å². The molecule has 0 aliphatic rings. The molecule has 0 aromatic rings. The molecule has 0 aliphatic heterocycles. The Morgan fingerprint density at radius 2 is 1.70 bits per heavy atom. The maximum Gasteiger partial charge on any atom is 0.307 e. The van der Waals surface area contributed by atoms with E-state index in [2.05, 4.69) is 4.74 Å². The van der Waals surface area contributed by atoms with Gasteiger partial charge in [0.25, 0.3) is 0 Å². The molecule has 0 aromatic heterocycles. The first-order valence-electron chi connectivity index (χ1n) is 6.90. The Labute approximate surface area is 120 Å². The topological polar surface area (TPSA) is 72.9 Å². The Balaban J connectivity index is 4.33. The van der Waals surface area contributed by atoms with E-state index in [4.69, 9.17) is 4.74 Å². The summed E-state index contributed by atoms with van der Waals surface area (Å²) in [7, 11) is 1.32. The number of rotatable bonds is 9. The van der Waals surface area contributed by atoms with Gasteiger partial charge in [0.2, 0.25) is 5.91 Å². The van der Waals surface area contributed by atoms with E-state index in [9.17, 15) is 14.4 Å². The largest absolute Gasteiger partial charge is 0.469 e. The molecule has 0 atom stereocenters. The lowest BCUT2D eigenvalue weighted by atomic mass is 10.2. The number of ether oxygens (including phenoxy) is 2. The molecule has 0 fully saturated rings. The monoisotopic (exact) mass is 287 g/mol. The average Bonchev–Trinajstić information content (AvgIpc) is 2.40. The molecular weight excluding hydrogens is 262 g/mol. The van der Waals surface area contributed by atoms with Crippen molar-refractivity contribution in [2.75, 3.05) is 26.8 Å². The molecule has 1 amide bonds. The van der Waals surface area contributed by atoms with Gasteiger partial charge in [0, 0.05) is 19.5 Å². The lowest BCUT2D eigenvalue weighted by Crippen LogP contribution is -2.36. The van der Waals surface area contributed by atoms with Crippen LogP contribution in [-0.2, 0) is 23.9 Å². The number of esters is 2. The van der Waals surface area contributed by atoms with Crippen LogP contribution in [0.4, 0.5) is 0 Å². The average molecular weight is 287 g/mol. The van der Waals surface area contributed by atoms with Crippen molar-refractivity contribution in [3.05, 3.63) is 0 Å². The van der Waals surface area contributed by atoms with Crippen LogP contribution in [0.3, 0.4) is 0 Å². The molecule has 0 rings (SSSR count). The van der Waals surface area contributed by atoms with E-state index >= 15 is 0 Å². The van der Waals surface area contributed by atoms with Gasteiger partial charge in [-0.3, -0.25) is 14.4 Å². The van der Waals surface area contributed by atoms with E-state index in [0.29, 0.717) is 25.6 Å². The van der Waals surface area contributed by atoms with Crippen LogP contribution in [0.2, 0.25) is 0 Å². The molecule has 0 spiro atoms. The Hall–Kier alpha value is -1.59. The fourth-order valence-corrected chi connectivity index (χ4v) is 1.69. The van der Waals surface area contributed by atoms with E-state index in [1.807, 2.05) is 13.8 Å². The zero-order chi connectivity index (χ0) is 15.5. The van der Waals surface area contributed by atoms with Gasteiger partial charge in [-0.05, 0) is 12.8 Å². The Kier molecular flexibility index (Phi) is 9.41. The molecule has 6 nitrogen and oxygen atoms in total. The minimum absolute atomic E-state index is 0.0689. The van der Waals surface area contributed by atoms with Crippen LogP contribution in [0.1, 0.15) is 40.0 Å². The molecule has 0 N–H and O–H groups in total. The summed E-state index contributed by atoms with van der Waals surface area (Å²) in [6.45, 7) is 6.88. The Bertz CT molecular complexity index is 328. The number of carbonyl (C=O) groups excluding carboxylic acids is 3. The quantitative estimate of drug-likeness (QED) is 0.599. The van der Waals surface area contributed by atoms with Crippen molar-refractivity contribution in [3.8, 4) is 0 Å². The third kappa shape index (κ3) is 8.50. The summed E-state index contributed by atoms with van der Waals surface area (Å²) >= 11 is 0. The van der Waals surface area contributed by atoms with Gasteiger partial charge in [0.15, 0.2) is 0 Å². The van der Waals surface area contributed by atoms with E-state index in [1.54, 1.807) is 11.8 Å². The lowest BCUT2D eigenvalue weighted by Gasteiger charge is -2.24. The van der Waals surface area contributed by atoms with Gasteiger partial charge in [-0.15, -0.1) is 0 Å². The standard InChI is InChI=1S/C14H25NO5/c1-5-20-14(18)7-6-12(16)15(10-11(2)3)9-8-13(17)19-4/h11H,5-10H2,1-4H3. The Morgan fingerprint density at radius 1 is 1.05 bits per heavy atom. The minimum Gasteiger partial charge on any atom is -0.469 e. The van der Waals surface area contributed by atoms with Crippen molar-refractivity contribution >= 4 is 17.8 Å². The van der Waals surface area contributed by atoms with Crippen molar-refractivity contribution in [1.82, 2.24) is 4.90 Å². The second-order valence-corrected chi connectivity index (χ2v) is 4.86. The van der Waals surface area contributed by atoms with Crippen LogP contribution in [0.25, 0.3) is 0 Å². The van der Waals surface area contributed by atoms with E-state index in [1.165, 1.54) is 7.11 Å². The maximum absolute atomic E-state index is 12.1. The molecule has 0 saturated heterocycles. The fourth-order valence-electron chi connectivity index (χ4n) is 1.69. The van der Waals surface area contributed by atoms with Crippen LogP contribution >= 0.6 is 0 Å². The first-order valence-corrected chi connectivity index (χ1v) is 6.90. The molecule has 20 heavy (non-hydrogen) atoms. The molecule has 116 valence electrons. The van der Waals surface area contributed by atoms with E-state index in [-0.39, 0.29) is 37.1 Å². The van der Waals surface area contributed by atoms with Crippen molar-refractivity contribution in [1.29, 1.82) is 0 Å². The summed E-state index contributed by atoms with van der Waals surface area (Å²) in [6.07, 6.45) is 0.334. The van der Waals surface area contributed by atoms with Crippen molar-refractivity contribution in [2.45, 2.75) is 40.0 Å². The third-order valence-corrected chi connectivity index (χ3v) is 2.60. The maximum atomic E-state index is 12.1. The van der Waals surface area contributed by atoms with Crippen molar-refractivity contribution in [3.63, 3.8) is 0 Å². The highest BCUT2D eigenvalue weighted by Crippen LogP contribution is 2.06. The first kappa shape index (κ1) is 18.4. The highest BCUT2D eigenvalue weighted by Gasteiger charge is 2.17. The number of nitrogens with zero attached hydrogens (tertiary/aromatic N) is 1. The molecule has 0 aliphatic carbocycles. The molecule has 6 heteroatoms. The summed E-state index contributed by atoms with van der Waals surface area (Å²) in [5.41, 5.74) is 0. The highest BCUT2D eigenvalue weighted by molar-refractivity contribution is 5.81. The zero-order valence-electron chi connectivity index (χ0n) is 12.8. The van der Waals surface area contributed by atoms with E-state index in [0.717, 1.165) is 0 Å². The van der Waals surface area contributed by atoms with E-state index < -0.39 is 0 Å². The van der Waals surface area contributed by atoms with Gasteiger partial charge in [0.05, 0.1) is 26.6 Å². The van der Waals surface area contributed by atoms with Gasteiger partial charge in [0.1, 0.15) is 0 Å². The summed E-state index contributed by atoms with van der Waals surface area (Å²) in [4.78, 5) is 36.0. The second-order valence-electron chi connectivity index (χ2n) is 4.86. The van der Waals surface area contributed by atoms with Crippen molar-refractivity contribution in [2.24, 2.45) is 5.92 Å². The van der Waals surface area contributed by atoms with Gasteiger partial charge >= 0.3 is 11.9 Å². The third-order valence-electron chi connectivity index (χ3n) is 2.60. The number of hydrogen-bond donors (Lipinski definition) is 0.